The molecule has 0 fully saturated rings. The highest BCUT2D eigenvalue weighted by Gasteiger charge is 2.34. The number of carbonyl (C=O) groups excluding carboxylic acids is 3. The summed E-state index contributed by atoms with van der Waals surface area (Å²) in [6, 6.07) is 14.1. The minimum atomic E-state index is -0.166. The van der Waals surface area contributed by atoms with Crippen molar-refractivity contribution in [1.82, 2.24) is 4.90 Å². The molecule has 0 saturated carbocycles. The van der Waals surface area contributed by atoms with Gasteiger partial charge in [-0.1, -0.05) is 62.3 Å². The summed E-state index contributed by atoms with van der Waals surface area (Å²) >= 11 is 5.84. The predicted octanol–water partition coefficient (Wildman–Crippen LogP) is 6.09. The van der Waals surface area contributed by atoms with E-state index in [1.807, 2.05) is 0 Å². The van der Waals surface area contributed by atoms with Crippen molar-refractivity contribution in [3.63, 3.8) is 0 Å². The number of benzene rings is 2. The Kier molecular flexibility index (Phi) is 8.65. The van der Waals surface area contributed by atoms with Crippen molar-refractivity contribution in [3.05, 3.63) is 64.7 Å². The van der Waals surface area contributed by atoms with Gasteiger partial charge in [0.05, 0.1) is 11.1 Å². The molecule has 0 spiro atoms. The van der Waals surface area contributed by atoms with E-state index in [1.54, 1.807) is 48.5 Å². The molecule has 1 aliphatic heterocycles. The molecule has 3 amide bonds. The van der Waals surface area contributed by atoms with Crippen LogP contribution in [0.3, 0.4) is 0 Å². The third-order valence-electron chi connectivity index (χ3n) is 5.54. The molecule has 3 rings (SSSR count). The molecule has 5 nitrogen and oxygen atoms in total. The maximum Gasteiger partial charge on any atom is 0.261 e. The lowest BCUT2D eigenvalue weighted by molar-refractivity contribution is -0.116. The second-order valence-electron chi connectivity index (χ2n) is 7.94. The van der Waals surface area contributed by atoms with Crippen molar-refractivity contribution in [2.24, 2.45) is 0 Å². The number of anilines is 1. The van der Waals surface area contributed by atoms with Gasteiger partial charge in [0.15, 0.2) is 0 Å². The first-order valence-electron chi connectivity index (χ1n) is 11.1. The summed E-state index contributed by atoms with van der Waals surface area (Å²) in [5, 5.41) is 3.53. The van der Waals surface area contributed by atoms with Crippen molar-refractivity contribution >= 4 is 35.0 Å². The SMILES string of the molecule is O=C(CCCCCCCCCCN1C(=O)c2ccccc2C1=O)Nc1ccc(Cl)cc1. The standard InChI is InChI=1S/C25H29ClN2O3/c26-19-14-16-20(17-15-19)27-23(29)13-7-5-3-1-2-4-6-10-18-28-24(30)21-11-8-9-12-22(21)25(28)31/h8-9,11-12,14-17H,1-7,10,13,18H2,(H,27,29). The van der Waals surface area contributed by atoms with Crippen LogP contribution in [0.4, 0.5) is 5.69 Å². The van der Waals surface area contributed by atoms with Crippen molar-refractivity contribution in [3.8, 4) is 0 Å². The van der Waals surface area contributed by atoms with Crippen LogP contribution >= 0.6 is 11.6 Å². The minimum absolute atomic E-state index is 0.0375. The van der Waals surface area contributed by atoms with Gasteiger partial charge in [-0.25, -0.2) is 0 Å². The Balaban J connectivity index is 1.18. The molecule has 0 saturated heterocycles. The third kappa shape index (κ3) is 6.66. The first kappa shape index (κ1) is 23.0. The first-order valence-corrected chi connectivity index (χ1v) is 11.4. The van der Waals surface area contributed by atoms with E-state index >= 15 is 0 Å². The minimum Gasteiger partial charge on any atom is -0.326 e. The Labute approximate surface area is 188 Å². The van der Waals surface area contributed by atoms with Crippen molar-refractivity contribution in [2.75, 3.05) is 11.9 Å². The molecule has 1 aliphatic rings. The van der Waals surface area contributed by atoms with Crippen molar-refractivity contribution < 1.29 is 14.4 Å². The number of rotatable bonds is 12. The smallest absolute Gasteiger partial charge is 0.261 e. The molecule has 164 valence electrons. The molecule has 1 heterocycles. The average Bonchev–Trinajstić information content (AvgIpc) is 3.01. The molecular weight excluding hydrogens is 412 g/mol. The van der Waals surface area contributed by atoms with Gasteiger partial charge < -0.3 is 5.32 Å². The van der Waals surface area contributed by atoms with E-state index in [2.05, 4.69) is 5.32 Å². The molecule has 0 unspecified atom stereocenters. The van der Waals surface area contributed by atoms with Crippen LogP contribution in [0.5, 0.6) is 0 Å². The number of hydrogen-bond donors (Lipinski definition) is 1. The molecule has 0 atom stereocenters. The summed E-state index contributed by atoms with van der Waals surface area (Å²) < 4.78 is 0. The van der Waals surface area contributed by atoms with Gasteiger partial charge in [-0.2, -0.15) is 0 Å². The molecule has 31 heavy (non-hydrogen) atoms. The van der Waals surface area contributed by atoms with Gasteiger partial charge >= 0.3 is 0 Å². The Hall–Kier alpha value is -2.66. The number of carbonyl (C=O) groups is 3. The fraction of sp³-hybridized carbons (Fsp3) is 0.400. The molecule has 0 aliphatic carbocycles. The maximum atomic E-state index is 12.3. The fourth-order valence-corrected chi connectivity index (χ4v) is 3.94. The molecule has 0 radical (unpaired) electrons. The van der Waals surface area contributed by atoms with E-state index < -0.39 is 0 Å². The number of amides is 3. The summed E-state index contributed by atoms with van der Waals surface area (Å²) in [5.41, 5.74) is 1.82. The summed E-state index contributed by atoms with van der Waals surface area (Å²) in [4.78, 5) is 37.9. The van der Waals surface area contributed by atoms with E-state index in [0.29, 0.717) is 29.1 Å². The predicted molar refractivity (Wildman–Crippen MR) is 123 cm³/mol. The Morgan fingerprint density at radius 2 is 1.26 bits per heavy atom. The molecule has 1 N–H and O–H groups in total. The van der Waals surface area contributed by atoms with Crippen LogP contribution < -0.4 is 5.32 Å². The highest BCUT2D eigenvalue weighted by molar-refractivity contribution is 6.30. The highest BCUT2D eigenvalue weighted by Crippen LogP contribution is 2.23. The lowest BCUT2D eigenvalue weighted by Crippen LogP contribution is -2.30. The van der Waals surface area contributed by atoms with Crippen LogP contribution in [0.2, 0.25) is 5.02 Å². The first-order chi connectivity index (χ1) is 15.1. The largest absolute Gasteiger partial charge is 0.326 e. The number of nitrogens with zero attached hydrogens (tertiary/aromatic N) is 1. The van der Waals surface area contributed by atoms with Gasteiger partial charge in [0, 0.05) is 23.7 Å². The molecule has 2 aromatic carbocycles. The molecular formula is C25H29ClN2O3. The Morgan fingerprint density at radius 3 is 1.84 bits per heavy atom. The lowest BCUT2D eigenvalue weighted by Gasteiger charge is -2.13. The fourth-order valence-electron chi connectivity index (χ4n) is 3.82. The normalized spacial score (nSPS) is 12.9. The van der Waals surface area contributed by atoms with Gasteiger partial charge in [-0.15, -0.1) is 0 Å². The van der Waals surface area contributed by atoms with Crippen molar-refractivity contribution in [1.29, 1.82) is 0 Å². The molecule has 6 heteroatoms. The average molecular weight is 441 g/mol. The monoisotopic (exact) mass is 440 g/mol. The zero-order valence-corrected chi connectivity index (χ0v) is 18.5. The van der Waals surface area contributed by atoms with Crippen LogP contribution in [-0.4, -0.2) is 29.2 Å². The van der Waals surface area contributed by atoms with Crippen LogP contribution in [0.1, 0.15) is 78.5 Å². The Bertz CT molecular complexity index is 876. The zero-order valence-electron chi connectivity index (χ0n) is 17.7. The van der Waals surface area contributed by atoms with E-state index in [0.717, 1.165) is 57.1 Å². The number of fused-ring (bicyclic) bond motifs is 1. The number of imide groups is 1. The van der Waals surface area contributed by atoms with E-state index in [-0.39, 0.29) is 17.7 Å². The van der Waals surface area contributed by atoms with Gasteiger partial charge in [-0.3, -0.25) is 19.3 Å². The van der Waals surface area contributed by atoms with Gasteiger partial charge in [0.1, 0.15) is 0 Å². The van der Waals surface area contributed by atoms with Crippen LogP contribution in [0.25, 0.3) is 0 Å². The molecule has 0 bridgehead atoms. The summed E-state index contributed by atoms with van der Waals surface area (Å²) in [6.45, 7) is 0.495. The van der Waals surface area contributed by atoms with Crippen LogP contribution in [-0.2, 0) is 4.79 Å². The topological polar surface area (TPSA) is 66.5 Å². The zero-order chi connectivity index (χ0) is 22.1. The summed E-state index contributed by atoms with van der Waals surface area (Å²) in [7, 11) is 0. The third-order valence-corrected chi connectivity index (χ3v) is 5.79. The van der Waals surface area contributed by atoms with E-state index in [9.17, 15) is 14.4 Å². The second-order valence-corrected chi connectivity index (χ2v) is 8.38. The Morgan fingerprint density at radius 1 is 0.742 bits per heavy atom. The van der Waals surface area contributed by atoms with E-state index in [1.165, 1.54) is 4.90 Å². The summed E-state index contributed by atoms with van der Waals surface area (Å²) in [5.74, 6) is -0.295. The van der Waals surface area contributed by atoms with Crippen LogP contribution in [0.15, 0.2) is 48.5 Å². The maximum absolute atomic E-state index is 12.3. The van der Waals surface area contributed by atoms with Crippen molar-refractivity contribution in [2.45, 2.75) is 57.8 Å². The van der Waals surface area contributed by atoms with Gasteiger partial charge in [-0.05, 0) is 49.2 Å². The number of unbranched alkanes of at least 4 members (excludes halogenated alkanes) is 7. The lowest BCUT2D eigenvalue weighted by atomic mass is 10.1. The summed E-state index contributed by atoms with van der Waals surface area (Å²) in [6.07, 6.45) is 8.82. The molecule has 0 aromatic heterocycles. The highest BCUT2D eigenvalue weighted by atomic mass is 35.5. The van der Waals surface area contributed by atoms with Gasteiger partial charge in [0.25, 0.3) is 11.8 Å². The number of hydrogen-bond acceptors (Lipinski definition) is 3. The number of halogens is 1. The van der Waals surface area contributed by atoms with Gasteiger partial charge in [0.2, 0.25) is 5.91 Å². The quantitative estimate of drug-likeness (QED) is 0.321. The van der Waals surface area contributed by atoms with Crippen LogP contribution in [0, 0.1) is 0 Å². The molecule has 2 aromatic rings. The second kappa shape index (κ2) is 11.7. The number of nitrogens with one attached hydrogen (secondary N) is 1. The van der Waals surface area contributed by atoms with E-state index in [4.69, 9.17) is 11.6 Å².